The molecule has 0 fully saturated rings. The number of hydrogen-bond donors (Lipinski definition) is 1. The van der Waals surface area contributed by atoms with Crippen molar-refractivity contribution in [3.05, 3.63) is 59.7 Å². The van der Waals surface area contributed by atoms with Crippen LogP contribution in [0.25, 0.3) is 0 Å². The van der Waals surface area contributed by atoms with Crippen molar-refractivity contribution in [2.75, 3.05) is 14.2 Å². The number of ether oxygens (including phenoxy) is 2. The van der Waals surface area contributed by atoms with Crippen LogP contribution in [-0.4, -0.2) is 19.3 Å². The summed E-state index contributed by atoms with van der Waals surface area (Å²) in [5.41, 5.74) is 1.56. The molecule has 0 saturated carbocycles. The zero-order valence-corrected chi connectivity index (χ0v) is 10.5. The Labute approximate surface area is 107 Å². The zero-order valence-electron chi connectivity index (χ0n) is 10.5. The van der Waals surface area contributed by atoms with Gasteiger partial charge < -0.3 is 14.6 Å². The van der Waals surface area contributed by atoms with Gasteiger partial charge in [-0.3, -0.25) is 0 Å². The van der Waals surface area contributed by atoms with Gasteiger partial charge in [0.2, 0.25) is 0 Å². The first-order chi connectivity index (χ1) is 8.76. The summed E-state index contributed by atoms with van der Waals surface area (Å²) in [5, 5.41) is 10.3. The highest BCUT2D eigenvalue weighted by molar-refractivity contribution is 5.41. The molecule has 0 aliphatic heterocycles. The van der Waals surface area contributed by atoms with Crippen LogP contribution in [0.2, 0.25) is 0 Å². The lowest BCUT2D eigenvalue weighted by atomic mass is 10.0. The lowest BCUT2D eigenvalue weighted by Gasteiger charge is -2.15. The summed E-state index contributed by atoms with van der Waals surface area (Å²) in [6.07, 6.45) is -0.702. The number of hydrogen-bond acceptors (Lipinski definition) is 3. The number of para-hydroxylation sites is 1. The van der Waals surface area contributed by atoms with E-state index in [2.05, 4.69) is 0 Å². The van der Waals surface area contributed by atoms with Crippen molar-refractivity contribution < 1.29 is 14.6 Å². The standard InChI is InChI=1S/C15H16O3/c1-17-12-9-7-11(8-10-12)15(16)13-5-3-4-6-14(13)18-2/h3-10,15-16H,1-2H3/t15-/m1/s1. The molecule has 0 heterocycles. The third kappa shape index (κ3) is 2.46. The first kappa shape index (κ1) is 12.5. The Morgan fingerprint density at radius 2 is 1.56 bits per heavy atom. The fourth-order valence-electron chi connectivity index (χ4n) is 1.86. The summed E-state index contributed by atoms with van der Waals surface area (Å²) in [4.78, 5) is 0. The van der Waals surface area contributed by atoms with Gasteiger partial charge >= 0.3 is 0 Å². The van der Waals surface area contributed by atoms with Crippen molar-refractivity contribution in [1.82, 2.24) is 0 Å². The maximum atomic E-state index is 10.3. The van der Waals surface area contributed by atoms with Crippen LogP contribution in [0.4, 0.5) is 0 Å². The third-order valence-electron chi connectivity index (χ3n) is 2.87. The molecule has 0 unspecified atom stereocenters. The zero-order chi connectivity index (χ0) is 13.0. The number of aliphatic hydroxyl groups is 1. The second-order valence-corrected chi connectivity index (χ2v) is 3.92. The van der Waals surface area contributed by atoms with Gasteiger partial charge in [-0.2, -0.15) is 0 Å². The normalized spacial score (nSPS) is 11.9. The monoisotopic (exact) mass is 244 g/mol. The average molecular weight is 244 g/mol. The molecule has 0 aromatic heterocycles. The minimum atomic E-state index is -0.702. The Morgan fingerprint density at radius 1 is 0.889 bits per heavy atom. The van der Waals surface area contributed by atoms with E-state index in [-0.39, 0.29) is 0 Å². The molecule has 18 heavy (non-hydrogen) atoms. The molecule has 0 bridgehead atoms. The van der Waals surface area contributed by atoms with Crippen molar-refractivity contribution in [1.29, 1.82) is 0 Å². The summed E-state index contributed by atoms with van der Waals surface area (Å²) in [7, 11) is 3.21. The van der Waals surface area contributed by atoms with Crippen LogP contribution in [0.15, 0.2) is 48.5 Å². The smallest absolute Gasteiger partial charge is 0.125 e. The quantitative estimate of drug-likeness (QED) is 0.898. The molecule has 0 aliphatic rings. The summed E-state index contributed by atoms with van der Waals surface area (Å²) in [6, 6.07) is 14.8. The first-order valence-electron chi connectivity index (χ1n) is 5.71. The Bertz CT molecular complexity index is 505. The van der Waals surface area contributed by atoms with Crippen molar-refractivity contribution in [3.8, 4) is 11.5 Å². The summed E-state index contributed by atoms with van der Waals surface area (Å²) >= 11 is 0. The SMILES string of the molecule is COc1ccc([C@@H](O)c2ccccc2OC)cc1. The largest absolute Gasteiger partial charge is 0.497 e. The number of methoxy groups -OCH3 is 2. The summed E-state index contributed by atoms with van der Waals surface area (Å²) in [6.45, 7) is 0. The van der Waals surface area contributed by atoms with Crippen molar-refractivity contribution in [2.45, 2.75) is 6.10 Å². The van der Waals surface area contributed by atoms with E-state index in [0.717, 1.165) is 16.9 Å². The van der Waals surface area contributed by atoms with Crippen LogP contribution in [0.1, 0.15) is 17.2 Å². The average Bonchev–Trinajstić information content (AvgIpc) is 2.46. The molecule has 0 amide bonds. The second-order valence-electron chi connectivity index (χ2n) is 3.92. The summed E-state index contributed by atoms with van der Waals surface area (Å²) < 4.78 is 10.3. The van der Waals surface area contributed by atoms with Crippen LogP contribution >= 0.6 is 0 Å². The van der Waals surface area contributed by atoms with E-state index < -0.39 is 6.10 Å². The van der Waals surface area contributed by atoms with Gasteiger partial charge in [0.15, 0.2) is 0 Å². The predicted molar refractivity (Wildman–Crippen MR) is 70.0 cm³/mol. The molecule has 2 aromatic carbocycles. The predicted octanol–water partition coefficient (Wildman–Crippen LogP) is 2.79. The molecule has 0 radical (unpaired) electrons. The van der Waals surface area contributed by atoms with Crippen molar-refractivity contribution in [2.24, 2.45) is 0 Å². The molecule has 1 atom stereocenters. The Balaban J connectivity index is 2.31. The van der Waals surface area contributed by atoms with Crippen LogP contribution in [0, 0.1) is 0 Å². The molecular formula is C15H16O3. The van der Waals surface area contributed by atoms with Gasteiger partial charge in [0.1, 0.15) is 17.6 Å². The van der Waals surface area contributed by atoms with E-state index >= 15 is 0 Å². The lowest BCUT2D eigenvalue weighted by molar-refractivity contribution is 0.214. The van der Waals surface area contributed by atoms with Gasteiger partial charge in [-0.15, -0.1) is 0 Å². The number of aliphatic hydroxyl groups excluding tert-OH is 1. The molecule has 0 aliphatic carbocycles. The van der Waals surface area contributed by atoms with E-state index in [0.29, 0.717) is 5.75 Å². The highest BCUT2D eigenvalue weighted by Gasteiger charge is 2.14. The fourth-order valence-corrected chi connectivity index (χ4v) is 1.86. The van der Waals surface area contributed by atoms with Gasteiger partial charge in [-0.1, -0.05) is 30.3 Å². The van der Waals surface area contributed by atoms with Crippen molar-refractivity contribution >= 4 is 0 Å². The maximum absolute atomic E-state index is 10.3. The molecule has 1 N–H and O–H groups in total. The van der Waals surface area contributed by atoms with Gasteiger partial charge in [0.25, 0.3) is 0 Å². The first-order valence-corrected chi connectivity index (χ1v) is 5.71. The Kier molecular flexibility index (Phi) is 3.85. The topological polar surface area (TPSA) is 38.7 Å². The third-order valence-corrected chi connectivity index (χ3v) is 2.87. The second kappa shape index (κ2) is 5.56. The molecule has 94 valence electrons. The van der Waals surface area contributed by atoms with Crippen LogP contribution in [-0.2, 0) is 0 Å². The molecule has 3 heteroatoms. The van der Waals surface area contributed by atoms with Gasteiger partial charge in [0, 0.05) is 5.56 Å². The van der Waals surface area contributed by atoms with E-state index in [4.69, 9.17) is 9.47 Å². The van der Waals surface area contributed by atoms with Crippen molar-refractivity contribution in [3.63, 3.8) is 0 Å². The highest BCUT2D eigenvalue weighted by Crippen LogP contribution is 2.30. The molecule has 2 aromatic rings. The van der Waals surface area contributed by atoms with Crippen LogP contribution in [0.3, 0.4) is 0 Å². The minimum absolute atomic E-state index is 0.681. The van der Waals surface area contributed by atoms with E-state index in [1.54, 1.807) is 14.2 Å². The Morgan fingerprint density at radius 3 is 2.17 bits per heavy atom. The van der Waals surface area contributed by atoms with E-state index in [1.165, 1.54) is 0 Å². The highest BCUT2D eigenvalue weighted by atomic mass is 16.5. The molecule has 0 saturated heterocycles. The number of benzene rings is 2. The van der Waals surface area contributed by atoms with E-state index in [1.807, 2.05) is 48.5 Å². The van der Waals surface area contributed by atoms with Gasteiger partial charge in [-0.05, 0) is 23.8 Å². The van der Waals surface area contributed by atoms with Crippen LogP contribution in [0.5, 0.6) is 11.5 Å². The van der Waals surface area contributed by atoms with Gasteiger partial charge in [-0.25, -0.2) is 0 Å². The molecule has 3 nitrogen and oxygen atoms in total. The maximum Gasteiger partial charge on any atom is 0.125 e. The molecule has 2 rings (SSSR count). The Hall–Kier alpha value is -2.00. The number of rotatable bonds is 4. The molecule has 0 spiro atoms. The van der Waals surface area contributed by atoms with Crippen LogP contribution < -0.4 is 9.47 Å². The summed E-state index contributed by atoms with van der Waals surface area (Å²) in [5.74, 6) is 1.45. The van der Waals surface area contributed by atoms with Gasteiger partial charge in [0.05, 0.1) is 14.2 Å². The fraction of sp³-hybridized carbons (Fsp3) is 0.200. The lowest BCUT2D eigenvalue weighted by Crippen LogP contribution is -2.02. The molecular weight excluding hydrogens is 228 g/mol. The minimum Gasteiger partial charge on any atom is -0.497 e. The van der Waals surface area contributed by atoms with E-state index in [9.17, 15) is 5.11 Å².